The predicted molar refractivity (Wildman–Crippen MR) is 61.6 cm³/mol. The average molecular weight is 211 g/mol. The van der Waals surface area contributed by atoms with E-state index in [9.17, 15) is 0 Å². The molecule has 3 nitrogen and oxygen atoms in total. The van der Waals surface area contributed by atoms with Crippen molar-refractivity contribution in [2.24, 2.45) is 0 Å². The van der Waals surface area contributed by atoms with Crippen molar-refractivity contribution in [2.75, 3.05) is 12.3 Å². The van der Waals surface area contributed by atoms with Gasteiger partial charge in [-0.1, -0.05) is 37.8 Å². The molecule has 0 atom stereocenters. The molecule has 0 saturated carbocycles. The highest BCUT2D eigenvalue weighted by Gasteiger charge is 1.99. The van der Waals surface area contributed by atoms with E-state index in [0.717, 1.165) is 17.5 Å². The molecule has 0 unspecified atom stereocenters. The molecule has 1 aromatic heterocycles. The first-order valence-corrected chi connectivity index (χ1v) is 5.69. The first-order valence-electron chi connectivity index (χ1n) is 4.70. The molecule has 2 N–H and O–H groups in total. The molecule has 78 valence electrons. The Hall–Kier alpha value is -0.740. The summed E-state index contributed by atoms with van der Waals surface area (Å²) in [5.74, 6) is 0.910. The number of hydrogen-bond donors (Lipinski definition) is 2. The number of thioether (sulfide) groups is 1. The number of nitrogens with zero attached hydrogens (tertiary/aromatic N) is 1. The third kappa shape index (κ3) is 4.48. The van der Waals surface area contributed by atoms with Crippen molar-refractivity contribution >= 4 is 11.8 Å². The summed E-state index contributed by atoms with van der Waals surface area (Å²) < 4.78 is 0. The molecule has 1 heterocycles. The zero-order chi connectivity index (χ0) is 10.4. The topological polar surface area (TPSA) is 40.7 Å². The Morgan fingerprint density at radius 3 is 3.07 bits per heavy atom. The van der Waals surface area contributed by atoms with Crippen LogP contribution in [0.25, 0.3) is 0 Å². The lowest BCUT2D eigenvalue weighted by Crippen LogP contribution is -2.25. The summed E-state index contributed by atoms with van der Waals surface area (Å²) in [6.45, 7) is 9.15. The van der Waals surface area contributed by atoms with Crippen molar-refractivity contribution < 1.29 is 0 Å². The Labute approximate surface area is 89.4 Å². The molecule has 0 spiro atoms. The van der Waals surface area contributed by atoms with Crippen molar-refractivity contribution in [3.63, 3.8) is 0 Å². The van der Waals surface area contributed by atoms with E-state index in [2.05, 4.69) is 35.7 Å². The lowest BCUT2D eigenvalue weighted by molar-refractivity contribution is 0.623. The number of aromatic nitrogens is 2. The Kier molecular flexibility index (Phi) is 4.76. The van der Waals surface area contributed by atoms with Gasteiger partial charge in [0, 0.05) is 30.7 Å². The lowest BCUT2D eigenvalue weighted by Gasteiger charge is -2.09. The van der Waals surface area contributed by atoms with Crippen molar-refractivity contribution in [2.45, 2.75) is 25.0 Å². The molecule has 0 aliphatic heterocycles. The molecule has 0 amide bonds. The van der Waals surface area contributed by atoms with E-state index < -0.39 is 0 Å². The third-order valence-corrected chi connectivity index (χ3v) is 2.70. The molecular weight excluding hydrogens is 194 g/mol. The molecular formula is C10H17N3S. The van der Waals surface area contributed by atoms with E-state index in [1.807, 2.05) is 6.20 Å². The normalized spacial score (nSPS) is 10.8. The largest absolute Gasteiger partial charge is 0.340 e. The number of imidazole rings is 1. The Balaban J connectivity index is 2.15. The van der Waals surface area contributed by atoms with Gasteiger partial charge in [0.2, 0.25) is 0 Å². The van der Waals surface area contributed by atoms with Crippen LogP contribution in [0.3, 0.4) is 0 Å². The first kappa shape index (κ1) is 11.3. The van der Waals surface area contributed by atoms with Crippen molar-refractivity contribution in [1.29, 1.82) is 0 Å². The summed E-state index contributed by atoms with van der Waals surface area (Å²) in [6.07, 6.45) is 3.59. The van der Waals surface area contributed by atoms with Gasteiger partial charge in [0.15, 0.2) is 5.16 Å². The third-order valence-electron chi connectivity index (χ3n) is 1.65. The monoisotopic (exact) mass is 211 g/mol. The van der Waals surface area contributed by atoms with Gasteiger partial charge in [0.05, 0.1) is 0 Å². The van der Waals surface area contributed by atoms with Gasteiger partial charge in [0.1, 0.15) is 0 Å². The van der Waals surface area contributed by atoms with Crippen LogP contribution in [0.2, 0.25) is 0 Å². The van der Waals surface area contributed by atoms with Crippen molar-refractivity contribution in [1.82, 2.24) is 15.3 Å². The number of nitrogens with one attached hydrogen (secondary N) is 2. The summed E-state index contributed by atoms with van der Waals surface area (Å²) >= 11 is 1.68. The molecule has 1 rings (SSSR count). The Morgan fingerprint density at radius 1 is 1.71 bits per heavy atom. The van der Waals surface area contributed by atoms with Gasteiger partial charge in [-0.15, -0.1) is 0 Å². The average Bonchev–Trinajstić information content (AvgIpc) is 2.63. The minimum Gasteiger partial charge on any atom is -0.340 e. The second-order valence-electron chi connectivity index (χ2n) is 3.47. The van der Waals surface area contributed by atoms with Crippen LogP contribution < -0.4 is 5.32 Å². The molecule has 4 heteroatoms. The fraction of sp³-hybridized carbons (Fsp3) is 0.500. The van der Waals surface area contributed by atoms with Crippen LogP contribution in [0.1, 0.15) is 13.8 Å². The van der Waals surface area contributed by atoms with Gasteiger partial charge in [0.25, 0.3) is 0 Å². The van der Waals surface area contributed by atoms with Gasteiger partial charge >= 0.3 is 0 Å². The first-order chi connectivity index (χ1) is 6.68. The summed E-state index contributed by atoms with van der Waals surface area (Å²) in [6, 6.07) is 0.514. The van der Waals surface area contributed by atoms with Crippen LogP contribution in [0.15, 0.2) is 29.7 Å². The Morgan fingerprint density at radius 2 is 2.50 bits per heavy atom. The van der Waals surface area contributed by atoms with Gasteiger partial charge in [-0.25, -0.2) is 4.98 Å². The smallest absolute Gasteiger partial charge is 0.165 e. The van der Waals surface area contributed by atoms with E-state index >= 15 is 0 Å². The molecule has 0 aliphatic rings. The molecule has 0 bridgehead atoms. The summed E-state index contributed by atoms with van der Waals surface area (Å²) in [7, 11) is 0. The maximum atomic E-state index is 4.13. The van der Waals surface area contributed by atoms with Crippen LogP contribution >= 0.6 is 11.8 Å². The highest BCUT2D eigenvalue weighted by Crippen LogP contribution is 2.14. The maximum Gasteiger partial charge on any atom is 0.165 e. The molecule has 0 aliphatic carbocycles. The highest BCUT2D eigenvalue weighted by atomic mass is 32.2. The second-order valence-corrected chi connectivity index (χ2v) is 4.43. The van der Waals surface area contributed by atoms with Crippen molar-refractivity contribution in [3.8, 4) is 0 Å². The summed E-state index contributed by atoms with van der Waals surface area (Å²) in [4.78, 5) is 7.18. The highest BCUT2D eigenvalue weighted by molar-refractivity contribution is 7.99. The lowest BCUT2D eigenvalue weighted by atomic mass is 10.3. The molecule has 0 aromatic carbocycles. The number of H-pyrrole nitrogens is 1. The zero-order valence-electron chi connectivity index (χ0n) is 8.71. The molecule has 0 radical (unpaired) electrons. The zero-order valence-corrected chi connectivity index (χ0v) is 9.53. The van der Waals surface area contributed by atoms with Crippen LogP contribution in [0.4, 0.5) is 0 Å². The molecule has 1 aromatic rings. The van der Waals surface area contributed by atoms with Gasteiger partial charge in [-0.2, -0.15) is 0 Å². The van der Waals surface area contributed by atoms with Crippen LogP contribution in [-0.4, -0.2) is 28.3 Å². The minimum atomic E-state index is 0.514. The van der Waals surface area contributed by atoms with E-state index in [0.29, 0.717) is 6.04 Å². The standard InChI is InChI=1S/C10H17N3S/c1-8(2)13-6-9(3)7-14-10-11-4-5-12-10/h4-5,8,13H,3,6-7H2,1-2H3,(H,11,12). The van der Waals surface area contributed by atoms with Gasteiger partial charge < -0.3 is 10.3 Å². The van der Waals surface area contributed by atoms with E-state index in [-0.39, 0.29) is 0 Å². The predicted octanol–water partition coefficient (Wildman–Crippen LogP) is 2.06. The molecule has 0 saturated heterocycles. The van der Waals surface area contributed by atoms with Gasteiger partial charge in [-0.3, -0.25) is 0 Å². The van der Waals surface area contributed by atoms with Crippen molar-refractivity contribution in [3.05, 3.63) is 24.5 Å². The number of hydrogen-bond acceptors (Lipinski definition) is 3. The fourth-order valence-corrected chi connectivity index (χ4v) is 1.63. The SMILES string of the molecule is C=C(CNC(C)C)CSc1ncc[nH]1. The van der Waals surface area contributed by atoms with Crippen LogP contribution in [0.5, 0.6) is 0 Å². The van der Waals surface area contributed by atoms with E-state index in [4.69, 9.17) is 0 Å². The second kappa shape index (κ2) is 5.88. The van der Waals surface area contributed by atoms with Crippen LogP contribution in [-0.2, 0) is 0 Å². The van der Waals surface area contributed by atoms with E-state index in [1.54, 1.807) is 18.0 Å². The van der Waals surface area contributed by atoms with Gasteiger partial charge in [-0.05, 0) is 0 Å². The Bertz CT molecular complexity index is 267. The minimum absolute atomic E-state index is 0.514. The van der Waals surface area contributed by atoms with Crippen LogP contribution in [0, 0.1) is 0 Å². The molecule has 14 heavy (non-hydrogen) atoms. The summed E-state index contributed by atoms with van der Waals surface area (Å²) in [5.41, 5.74) is 1.19. The number of aromatic amines is 1. The van der Waals surface area contributed by atoms with E-state index in [1.165, 1.54) is 5.57 Å². The quantitative estimate of drug-likeness (QED) is 0.559. The molecule has 0 fully saturated rings. The summed E-state index contributed by atoms with van der Waals surface area (Å²) in [5, 5.41) is 4.29. The fourth-order valence-electron chi connectivity index (χ4n) is 0.900. The maximum absolute atomic E-state index is 4.13. The number of rotatable bonds is 6.